The van der Waals surface area contributed by atoms with E-state index in [9.17, 15) is 9.59 Å². The molecule has 140 valence electrons. The van der Waals surface area contributed by atoms with Crippen molar-refractivity contribution >= 4 is 24.3 Å². The first kappa shape index (κ1) is 19.8. The molecule has 2 aromatic carbocycles. The molecule has 0 aliphatic rings. The molecule has 2 aromatic rings. The van der Waals surface area contributed by atoms with E-state index in [1.165, 1.54) is 0 Å². The molecule has 0 radical (unpaired) electrons. The molecule has 0 heterocycles. The van der Waals surface area contributed by atoms with Crippen LogP contribution >= 0.6 is 0 Å². The average Bonchev–Trinajstić information content (AvgIpc) is 2.70. The van der Waals surface area contributed by atoms with Crippen LogP contribution in [0.2, 0.25) is 0 Å². The number of hydrogen-bond donors (Lipinski definition) is 2. The summed E-state index contributed by atoms with van der Waals surface area (Å²) >= 11 is 0. The van der Waals surface area contributed by atoms with Gasteiger partial charge >= 0.3 is 12.2 Å². The van der Waals surface area contributed by atoms with Crippen LogP contribution in [0.25, 0.3) is 12.2 Å². The highest BCUT2D eigenvalue weighted by Crippen LogP contribution is 2.01. The summed E-state index contributed by atoms with van der Waals surface area (Å²) in [6.45, 7) is 0.188. The third kappa shape index (κ3) is 8.92. The van der Waals surface area contributed by atoms with Crippen LogP contribution in [-0.2, 0) is 9.47 Å². The molecule has 0 aromatic heterocycles. The van der Waals surface area contributed by atoms with Gasteiger partial charge in [0.2, 0.25) is 0 Å². The van der Waals surface area contributed by atoms with Gasteiger partial charge in [0.15, 0.2) is 0 Å². The number of amides is 2. The van der Waals surface area contributed by atoms with Crippen molar-refractivity contribution in [1.29, 1.82) is 0 Å². The summed E-state index contributed by atoms with van der Waals surface area (Å²) in [6, 6.07) is 19.3. The molecule has 6 heteroatoms. The molecule has 2 N–H and O–H groups in total. The molecule has 2 amide bonds. The Kier molecular flexibility index (Phi) is 8.73. The average molecular weight is 366 g/mol. The lowest BCUT2D eigenvalue weighted by atomic mass is 10.2. The van der Waals surface area contributed by atoms with Crippen LogP contribution in [-0.4, -0.2) is 32.1 Å². The highest BCUT2D eigenvalue weighted by atomic mass is 16.6. The molecule has 0 saturated heterocycles. The zero-order valence-electron chi connectivity index (χ0n) is 14.8. The number of rotatable bonds is 8. The zero-order chi connectivity index (χ0) is 19.2. The Morgan fingerprint density at radius 3 is 1.52 bits per heavy atom. The van der Waals surface area contributed by atoms with Crippen LogP contribution < -0.4 is 10.6 Å². The van der Waals surface area contributed by atoms with Gasteiger partial charge in [-0.3, -0.25) is 0 Å². The molecular formula is C21H22N2O4. The van der Waals surface area contributed by atoms with E-state index in [0.717, 1.165) is 11.1 Å². The van der Waals surface area contributed by atoms with Crippen molar-refractivity contribution in [2.75, 3.05) is 19.9 Å². The van der Waals surface area contributed by atoms with Crippen LogP contribution in [0.15, 0.2) is 72.8 Å². The summed E-state index contributed by atoms with van der Waals surface area (Å²) < 4.78 is 9.91. The van der Waals surface area contributed by atoms with Crippen LogP contribution in [0.3, 0.4) is 0 Å². The molecule has 0 atom stereocenters. The number of carbonyl (C=O) groups is 2. The summed E-state index contributed by atoms with van der Waals surface area (Å²) in [5.41, 5.74) is 2.04. The maximum absolute atomic E-state index is 11.5. The predicted octanol–water partition coefficient (Wildman–Crippen LogP) is 3.82. The first-order valence-corrected chi connectivity index (χ1v) is 8.48. The molecule has 0 aliphatic carbocycles. The highest BCUT2D eigenvalue weighted by molar-refractivity contribution is 5.70. The number of hydrogen-bond acceptors (Lipinski definition) is 4. The lowest BCUT2D eigenvalue weighted by molar-refractivity contribution is 0.150. The molecule has 6 nitrogen and oxygen atoms in total. The monoisotopic (exact) mass is 366 g/mol. The molecule has 0 fully saturated rings. The fraction of sp³-hybridized carbons (Fsp3) is 0.143. The summed E-state index contributed by atoms with van der Waals surface area (Å²) in [6.07, 6.45) is 5.91. The summed E-state index contributed by atoms with van der Waals surface area (Å²) in [5, 5.41) is 4.81. The first-order chi connectivity index (χ1) is 13.2. The Labute approximate surface area is 158 Å². The maximum atomic E-state index is 11.5. The van der Waals surface area contributed by atoms with E-state index in [1.54, 1.807) is 12.2 Å². The van der Waals surface area contributed by atoms with Crippen molar-refractivity contribution in [3.8, 4) is 0 Å². The van der Waals surface area contributed by atoms with Gasteiger partial charge in [0, 0.05) is 0 Å². The minimum absolute atomic E-state index is 0.0809. The van der Waals surface area contributed by atoms with Crippen molar-refractivity contribution in [2.45, 2.75) is 0 Å². The van der Waals surface area contributed by atoms with Gasteiger partial charge in [0.1, 0.15) is 13.2 Å². The highest BCUT2D eigenvalue weighted by Gasteiger charge is 2.02. The molecule has 2 rings (SSSR count). The smallest absolute Gasteiger partial charge is 0.408 e. The predicted molar refractivity (Wildman–Crippen MR) is 105 cm³/mol. The van der Waals surface area contributed by atoms with E-state index >= 15 is 0 Å². The van der Waals surface area contributed by atoms with Gasteiger partial charge in [-0.15, -0.1) is 0 Å². The fourth-order valence-corrected chi connectivity index (χ4v) is 2.03. The number of benzene rings is 2. The van der Waals surface area contributed by atoms with Gasteiger partial charge in [-0.25, -0.2) is 9.59 Å². The second-order valence-corrected chi connectivity index (χ2v) is 5.35. The van der Waals surface area contributed by atoms with Gasteiger partial charge in [0.25, 0.3) is 0 Å². The third-order valence-electron chi connectivity index (χ3n) is 3.31. The second-order valence-electron chi connectivity index (χ2n) is 5.35. The van der Waals surface area contributed by atoms with E-state index in [4.69, 9.17) is 9.47 Å². The Bertz CT molecular complexity index is 693. The summed E-state index contributed by atoms with van der Waals surface area (Å²) in [7, 11) is 0. The van der Waals surface area contributed by atoms with Crippen LogP contribution in [0.5, 0.6) is 0 Å². The Morgan fingerprint density at radius 1 is 0.704 bits per heavy atom. The number of carbonyl (C=O) groups excluding carboxylic acids is 2. The molecule has 27 heavy (non-hydrogen) atoms. The summed E-state index contributed by atoms with van der Waals surface area (Å²) in [5.74, 6) is 0. The third-order valence-corrected chi connectivity index (χ3v) is 3.31. The molecule has 0 aliphatic heterocycles. The van der Waals surface area contributed by atoms with Gasteiger partial charge < -0.3 is 20.1 Å². The normalized spacial score (nSPS) is 10.7. The Hall–Kier alpha value is -3.54. The lowest BCUT2D eigenvalue weighted by Crippen LogP contribution is -2.37. The Balaban J connectivity index is 1.52. The number of ether oxygens (including phenoxy) is 2. The van der Waals surface area contributed by atoms with Crippen molar-refractivity contribution in [2.24, 2.45) is 0 Å². The second kappa shape index (κ2) is 11.9. The minimum Gasteiger partial charge on any atom is -0.445 e. The SMILES string of the molecule is O=C(NCNC(=O)OC/C=C/c1ccccc1)OC/C=C/c1ccccc1. The number of alkyl carbamates (subject to hydrolysis) is 2. The quantitative estimate of drug-likeness (QED) is 0.696. The van der Waals surface area contributed by atoms with E-state index in [-0.39, 0.29) is 19.9 Å². The summed E-state index contributed by atoms with van der Waals surface area (Å²) in [4.78, 5) is 23.0. The largest absolute Gasteiger partial charge is 0.445 e. The maximum Gasteiger partial charge on any atom is 0.408 e. The van der Waals surface area contributed by atoms with Crippen LogP contribution in [0, 0.1) is 0 Å². The molecule has 0 bridgehead atoms. The van der Waals surface area contributed by atoms with E-state index in [1.807, 2.05) is 72.8 Å². The standard InChI is InChI=1S/C21H22N2O4/c24-20(26-15-7-13-18-9-3-1-4-10-18)22-17-23-21(25)27-16-8-14-19-11-5-2-6-12-19/h1-14H,15-17H2,(H,22,24)(H,23,25)/b13-7+,14-8+. The minimum atomic E-state index is -0.628. The van der Waals surface area contributed by atoms with Crippen LogP contribution in [0.4, 0.5) is 9.59 Å². The van der Waals surface area contributed by atoms with Gasteiger partial charge in [-0.05, 0) is 23.3 Å². The van der Waals surface area contributed by atoms with Crippen molar-refractivity contribution in [1.82, 2.24) is 10.6 Å². The van der Waals surface area contributed by atoms with Gasteiger partial charge in [-0.1, -0.05) is 72.8 Å². The molecule has 0 spiro atoms. The van der Waals surface area contributed by atoms with Crippen LogP contribution in [0.1, 0.15) is 11.1 Å². The van der Waals surface area contributed by atoms with Gasteiger partial charge in [0.05, 0.1) is 6.67 Å². The van der Waals surface area contributed by atoms with Crippen molar-refractivity contribution < 1.29 is 19.1 Å². The molecule has 0 saturated carbocycles. The van der Waals surface area contributed by atoms with Gasteiger partial charge in [-0.2, -0.15) is 0 Å². The van der Waals surface area contributed by atoms with Crippen molar-refractivity contribution in [3.05, 3.63) is 83.9 Å². The fourth-order valence-electron chi connectivity index (χ4n) is 2.03. The number of nitrogens with one attached hydrogen (secondary N) is 2. The lowest BCUT2D eigenvalue weighted by Gasteiger charge is -2.07. The van der Waals surface area contributed by atoms with Crippen molar-refractivity contribution in [3.63, 3.8) is 0 Å². The molecular weight excluding hydrogens is 344 g/mol. The zero-order valence-corrected chi connectivity index (χ0v) is 14.8. The topological polar surface area (TPSA) is 76.7 Å². The molecule has 0 unspecified atom stereocenters. The Morgan fingerprint density at radius 2 is 1.11 bits per heavy atom. The van der Waals surface area contributed by atoms with E-state index < -0.39 is 12.2 Å². The first-order valence-electron chi connectivity index (χ1n) is 8.48. The van der Waals surface area contributed by atoms with E-state index in [2.05, 4.69) is 10.6 Å². The van der Waals surface area contributed by atoms with E-state index in [0.29, 0.717) is 0 Å².